The highest BCUT2D eigenvalue weighted by atomic mass is 16.7. The van der Waals surface area contributed by atoms with E-state index in [1.54, 1.807) is 0 Å². The zero-order chi connectivity index (χ0) is 13.2. The number of hydrogen-bond acceptors (Lipinski definition) is 3. The fraction of sp³-hybridized carbons (Fsp3) is 0.533. The molecule has 1 saturated heterocycles. The zero-order valence-corrected chi connectivity index (χ0v) is 11.2. The van der Waals surface area contributed by atoms with E-state index in [1.807, 2.05) is 6.07 Å². The summed E-state index contributed by atoms with van der Waals surface area (Å²) in [6.45, 7) is 7.77. The normalized spacial score (nSPS) is 16.8. The van der Waals surface area contributed by atoms with Crippen LogP contribution in [0.4, 0.5) is 0 Å². The molecule has 1 fully saturated rings. The van der Waals surface area contributed by atoms with Crippen LogP contribution in [-0.4, -0.2) is 13.2 Å². The summed E-state index contributed by atoms with van der Waals surface area (Å²) in [6.07, 6.45) is 0.147. The molecule has 0 N–H and O–H groups in total. The van der Waals surface area contributed by atoms with E-state index in [4.69, 9.17) is 14.7 Å². The lowest BCUT2D eigenvalue weighted by atomic mass is 9.84. The minimum absolute atomic E-state index is 0.0544. The van der Waals surface area contributed by atoms with Crippen molar-refractivity contribution in [2.75, 3.05) is 13.2 Å². The predicted molar refractivity (Wildman–Crippen MR) is 69.1 cm³/mol. The number of nitrogens with zero attached hydrogens (tertiary/aromatic N) is 1. The summed E-state index contributed by atoms with van der Waals surface area (Å²) in [5, 5.41) is 8.86. The second-order valence-electron chi connectivity index (χ2n) is 5.62. The molecule has 0 amide bonds. The first kappa shape index (κ1) is 13.1. The van der Waals surface area contributed by atoms with Gasteiger partial charge in [-0.2, -0.15) is 5.26 Å². The number of rotatable bonds is 2. The Balaban J connectivity index is 2.39. The smallest absolute Gasteiger partial charge is 0.184 e. The van der Waals surface area contributed by atoms with Gasteiger partial charge in [-0.25, -0.2) is 0 Å². The van der Waals surface area contributed by atoms with Gasteiger partial charge >= 0.3 is 0 Å². The van der Waals surface area contributed by atoms with Crippen molar-refractivity contribution >= 4 is 0 Å². The second kappa shape index (κ2) is 5.09. The Kier molecular flexibility index (Phi) is 3.70. The van der Waals surface area contributed by atoms with Crippen molar-refractivity contribution in [2.45, 2.75) is 38.9 Å². The van der Waals surface area contributed by atoms with E-state index >= 15 is 0 Å². The van der Waals surface area contributed by atoms with Gasteiger partial charge in [0, 0.05) is 5.56 Å². The summed E-state index contributed by atoms with van der Waals surface area (Å²) >= 11 is 0. The van der Waals surface area contributed by atoms with Gasteiger partial charge in [0.15, 0.2) is 6.29 Å². The summed E-state index contributed by atoms with van der Waals surface area (Å²) < 4.78 is 11.1. The van der Waals surface area contributed by atoms with E-state index in [2.05, 4.69) is 39.0 Å². The lowest BCUT2D eigenvalue weighted by Crippen LogP contribution is -2.13. The summed E-state index contributed by atoms with van der Waals surface area (Å²) in [7, 11) is 0. The lowest BCUT2D eigenvalue weighted by Gasteiger charge is -2.22. The van der Waals surface area contributed by atoms with Crippen LogP contribution in [0.3, 0.4) is 0 Å². The Morgan fingerprint density at radius 2 is 1.89 bits per heavy atom. The molecular formula is C15H19NO2. The Bertz CT molecular complexity index is 462. The highest BCUT2D eigenvalue weighted by Crippen LogP contribution is 2.30. The predicted octanol–water partition coefficient (Wildman–Crippen LogP) is 3.10. The minimum atomic E-state index is -0.273. The summed E-state index contributed by atoms with van der Waals surface area (Å²) in [5.74, 6) is 0. The summed E-state index contributed by atoms with van der Waals surface area (Å²) in [6, 6.07) is 8.43. The maximum absolute atomic E-state index is 8.86. The highest BCUT2D eigenvalue weighted by molar-refractivity contribution is 5.36. The molecule has 0 aliphatic carbocycles. The molecule has 0 radical (unpaired) electrons. The maximum Gasteiger partial charge on any atom is 0.184 e. The van der Waals surface area contributed by atoms with Gasteiger partial charge in [0.1, 0.15) is 0 Å². The molecule has 1 heterocycles. The molecular weight excluding hydrogens is 226 g/mol. The maximum atomic E-state index is 8.86. The number of benzene rings is 1. The standard InChI is InChI=1S/C15H19NO2/c1-15(2,3)13-9-11(4-5-16)8-12(10-13)14-17-6-7-18-14/h8-10,14H,4,6-7H2,1-3H3. The highest BCUT2D eigenvalue weighted by Gasteiger charge is 2.22. The van der Waals surface area contributed by atoms with Gasteiger partial charge in [0.2, 0.25) is 0 Å². The van der Waals surface area contributed by atoms with Crippen molar-refractivity contribution in [1.29, 1.82) is 5.26 Å². The van der Waals surface area contributed by atoms with E-state index in [-0.39, 0.29) is 11.7 Å². The second-order valence-corrected chi connectivity index (χ2v) is 5.62. The van der Waals surface area contributed by atoms with Crippen LogP contribution in [0.15, 0.2) is 18.2 Å². The third kappa shape index (κ3) is 2.90. The molecule has 0 bridgehead atoms. The third-order valence-corrected chi connectivity index (χ3v) is 3.06. The van der Waals surface area contributed by atoms with Crippen LogP contribution in [0.25, 0.3) is 0 Å². The average molecular weight is 245 g/mol. The van der Waals surface area contributed by atoms with E-state index in [1.165, 1.54) is 5.56 Å². The van der Waals surface area contributed by atoms with Gasteiger partial charge in [-0.1, -0.05) is 32.9 Å². The van der Waals surface area contributed by atoms with E-state index < -0.39 is 0 Å². The monoisotopic (exact) mass is 245 g/mol. The van der Waals surface area contributed by atoms with Crippen molar-refractivity contribution in [3.63, 3.8) is 0 Å². The van der Waals surface area contributed by atoms with Crippen molar-refractivity contribution < 1.29 is 9.47 Å². The molecule has 0 aromatic heterocycles. The molecule has 96 valence electrons. The van der Waals surface area contributed by atoms with Crippen LogP contribution in [-0.2, 0) is 21.3 Å². The first-order valence-corrected chi connectivity index (χ1v) is 6.25. The van der Waals surface area contributed by atoms with Gasteiger partial charge in [0.25, 0.3) is 0 Å². The van der Waals surface area contributed by atoms with E-state index in [9.17, 15) is 0 Å². The summed E-state index contributed by atoms with van der Waals surface area (Å²) in [5.41, 5.74) is 3.31. The lowest BCUT2D eigenvalue weighted by molar-refractivity contribution is -0.0442. The summed E-state index contributed by atoms with van der Waals surface area (Å²) in [4.78, 5) is 0. The Morgan fingerprint density at radius 3 is 2.44 bits per heavy atom. The zero-order valence-electron chi connectivity index (χ0n) is 11.2. The molecule has 2 rings (SSSR count). The first-order chi connectivity index (χ1) is 8.50. The Hall–Kier alpha value is -1.37. The van der Waals surface area contributed by atoms with Crippen molar-refractivity contribution in [3.05, 3.63) is 34.9 Å². The SMILES string of the molecule is CC(C)(C)c1cc(CC#N)cc(C2OCCO2)c1. The molecule has 3 nitrogen and oxygen atoms in total. The quantitative estimate of drug-likeness (QED) is 0.804. The molecule has 1 aliphatic heterocycles. The van der Waals surface area contributed by atoms with Crippen molar-refractivity contribution in [2.24, 2.45) is 0 Å². The Morgan fingerprint density at radius 1 is 1.22 bits per heavy atom. The van der Waals surface area contributed by atoms with Crippen molar-refractivity contribution in [3.8, 4) is 6.07 Å². The molecule has 1 aromatic rings. The Labute approximate surface area is 108 Å². The van der Waals surface area contributed by atoms with Gasteiger partial charge in [0.05, 0.1) is 25.7 Å². The van der Waals surface area contributed by atoms with Gasteiger partial charge in [-0.3, -0.25) is 0 Å². The van der Waals surface area contributed by atoms with Crippen LogP contribution in [0, 0.1) is 11.3 Å². The molecule has 18 heavy (non-hydrogen) atoms. The van der Waals surface area contributed by atoms with Crippen LogP contribution >= 0.6 is 0 Å². The van der Waals surface area contributed by atoms with Gasteiger partial charge in [-0.15, -0.1) is 0 Å². The molecule has 1 aromatic carbocycles. The number of hydrogen-bond donors (Lipinski definition) is 0. The van der Waals surface area contributed by atoms with E-state index in [0.29, 0.717) is 19.6 Å². The average Bonchev–Trinajstić information content (AvgIpc) is 2.81. The fourth-order valence-corrected chi connectivity index (χ4v) is 2.03. The largest absolute Gasteiger partial charge is 0.346 e. The number of ether oxygens (including phenoxy) is 2. The molecule has 1 aliphatic rings. The van der Waals surface area contributed by atoms with Crippen LogP contribution in [0.2, 0.25) is 0 Å². The molecule has 0 unspecified atom stereocenters. The first-order valence-electron chi connectivity index (χ1n) is 6.25. The third-order valence-electron chi connectivity index (χ3n) is 3.06. The minimum Gasteiger partial charge on any atom is -0.346 e. The number of nitriles is 1. The molecule has 0 spiro atoms. The molecule has 3 heteroatoms. The van der Waals surface area contributed by atoms with Crippen LogP contribution < -0.4 is 0 Å². The van der Waals surface area contributed by atoms with Crippen LogP contribution in [0.1, 0.15) is 43.8 Å². The van der Waals surface area contributed by atoms with E-state index in [0.717, 1.165) is 11.1 Å². The molecule has 0 atom stereocenters. The van der Waals surface area contributed by atoms with Crippen LogP contribution in [0.5, 0.6) is 0 Å². The van der Waals surface area contributed by atoms with Crippen molar-refractivity contribution in [1.82, 2.24) is 0 Å². The topological polar surface area (TPSA) is 42.2 Å². The van der Waals surface area contributed by atoms with Gasteiger partial charge in [-0.05, 0) is 22.6 Å². The molecule has 0 saturated carbocycles. The fourth-order valence-electron chi connectivity index (χ4n) is 2.03. The van der Waals surface area contributed by atoms with Gasteiger partial charge < -0.3 is 9.47 Å².